The Morgan fingerprint density at radius 2 is 2.10 bits per heavy atom. The van der Waals surface area contributed by atoms with Crippen molar-refractivity contribution >= 4 is 5.97 Å². The van der Waals surface area contributed by atoms with E-state index in [0.29, 0.717) is 17.2 Å². The fraction of sp³-hybridized carbons (Fsp3) is 0.214. The van der Waals surface area contributed by atoms with E-state index in [2.05, 4.69) is 9.97 Å². The van der Waals surface area contributed by atoms with Crippen LogP contribution in [0.5, 0.6) is 11.5 Å². The van der Waals surface area contributed by atoms with Gasteiger partial charge < -0.3 is 14.6 Å². The van der Waals surface area contributed by atoms with Crippen LogP contribution >= 0.6 is 0 Å². The number of carboxylic acid groups (broad SMARTS) is 1. The van der Waals surface area contributed by atoms with Crippen molar-refractivity contribution in [1.29, 1.82) is 0 Å². The standard InChI is InChI=1S/C14H14N2O4/c1-9(11-8-15-5-6-16-11)20-13-7-10(14(17)18)3-4-12(13)19-2/h3-9H,1-2H3,(H,17,18). The molecule has 20 heavy (non-hydrogen) atoms. The molecule has 0 aliphatic rings. The van der Waals surface area contributed by atoms with E-state index in [0.717, 1.165) is 0 Å². The van der Waals surface area contributed by atoms with E-state index in [1.165, 1.54) is 19.2 Å². The van der Waals surface area contributed by atoms with Crippen molar-refractivity contribution in [2.24, 2.45) is 0 Å². The van der Waals surface area contributed by atoms with Crippen molar-refractivity contribution in [3.05, 3.63) is 48.0 Å². The first-order chi connectivity index (χ1) is 9.61. The van der Waals surface area contributed by atoms with Crippen molar-refractivity contribution in [2.75, 3.05) is 7.11 Å². The number of aromatic nitrogens is 2. The number of carboxylic acids is 1. The first-order valence-electron chi connectivity index (χ1n) is 5.95. The monoisotopic (exact) mass is 274 g/mol. The Balaban J connectivity index is 2.27. The minimum Gasteiger partial charge on any atom is -0.493 e. The van der Waals surface area contributed by atoms with Crippen LogP contribution in [0.15, 0.2) is 36.8 Å². The summed E-state index contributed by atoms with van der Waals surface area (Å²) in [7, 11) is 1.50. The molecule has 6 nitrogen and oxygen atoms in total. The quantitative estimate of drug-likeness (QED) is 0.901. The molecule has 1 N–H and O–H groups in total. The lowest BCUT2D eigenvalue weighted by molar-refractivity contribution is 0.0696. The van der Waals surface area contributed by atoms with E-state index < -0.39 is 5.97 Å². The van der Waals surface area contributed by atoms with Gasteiger partial charge >= 0.3 is 5.97 Å². The van der Waals surface area contributed by atoms with Crippen molar-refractivity contribution in [1.82, 2.24) is 9.97 Å². The van der Waals surface area contributed by atoms with E-state index in [1.54, 1.807) is 31.6 Å². The van der Waals surface area contributed by atoms with Gasteiger partial charge in [-0.05, 0) is 25.1 Å². The van der Waals surface area contributed by atoms with Crippen molar-refractivity contribution < 1.29 is 19.4 Å². The molecule has 0 spiro atoms. The highest BCUT2D eigenvalue weighted by Gasteiger charge is 2.15. The van der Waals surface area contributed by atoms with Gasteiger partial charge in [0.1, 0.15) is 6.10 Å². The number of aromatic carboxylic acids is 1. The summed E-state index contributed by atoms with van der Waals surface area (Å²) in [4.78, 5) is 19.1. The van der Waals surface area contributed by atoms with Gasteiger partial charge in [0.25, 0.3) is 0 Å². The summed E-state index contributed by atoms with van der Waals surface area (Å²) in [5, 5.41) is 9.01. The first kappa shape index (κ1) is 13.8. The maximum atomic E-state index is 11.0. The SMILES string of the molecule is COc1ccc(C(=O)O)cc1OC(C)c1cnccn1. The molecule has 1 atom stereocenters. The largest absolute Gasteiger partial charge is 0.493 e. The Kier molecular flexibility index (Phi) is 4.14. The molecule has 0 aliphatic heterocycles. The van der Waals surface area contributed by atoms with Crippen LogP contribution in [-0.2, 0) is 0 Å². The van der Waals surface area contributed by atoms with Crippen LogP contribution in [0.25, 0.3) is 0 Å². The Morgan fingerprint density at radius 1 is 1.30 bits per heavy atom. The van der Waals surface area contributed by atoms with Gasteiger partial charge in [0.2, 0.25) is 0 Å². The van der Waals surface area contributed by atoms with Crippen molar-refractivity contribution in [3.63, 3.8) is 0 Å². The van der Waals surface area contributed by atoms with E-state index in [4.69, 9.17) is 14.6 Å². The highest BCUT2D eigenvalue weighted by molar-refractivity contribution is 5.88. The molecular formula is C14H14N2O4. The van der Waals surface area contributed by atoms with Gasteiger partial charge in [-0.2, -0.15) is 0 Å². The molecule has 2 aromatic rings. The Morgan fingerprint density at radius 3 is 2.70 bits per heavy atom. The van der Waals surface area contributed by atoms with Crippen molar-refractivity contribution in [3.8, 4) is 11.5 Å². The normalized spacial score (nSPS) is 11.7. The fourth-order valence-corrected chi connectivity index (χ4v) is 1.67. The van der Waals surface area contributed by atoms with Crippen LogP contribution in [0.2, 0.25) is 0 Å². The minimum absolute atomic E-state index is 0.132. The molecule has 0 radical (unpaired) electrons. The summed E-state index contributed by atoms with van der Waals surface area (Å²) in [5.74, 6) is -0.207. The molecule has 104 valence electrons. The number of hydrogen-bond donors (Lipinski definition) is 1. The summed E-state index contributed by atoms with van der Waals surface area (Å²) in [5.41, 5.74) is 0.780. The van der Waals surface area contributed by atoms with E-state index in [9.17, 15) is 4.79 Å². The van der Waals surface area contributed by atoms with Gasteiger partial charge in [-0.15, -0.1) is 0 Å². The Hall–Kier alpha value is -2.63. The highest BCUT2D eigenvalue weighted by atomic mass is 16.5. The van der Waals surface area contributed by atoms with E-state index in [1.807, 2.05) is 0 Å². The number of nitrogens with zero attached hydrogens (tertiary/aromatic N) is 2. The number of methoxy groups -OCH3 is 1. The second-order valence-corrected chi connectivity index (χ2v) is 4.06. The lowest BCUT2D eigenvalue weighted by Crippen LogP contribution is -2.07. The summed E-state index contributed by atoms with van der Waals surface area (Å²) in [6, 6.07) is 4.44. The summed E-state index contributed by atoms with van der Waals surface area (Å²) in [6.45, 7) is 1.80. The number of rotatable bonds is 5. The minimum atomic E-state index is -1.02. The number of ether oxygens (including phenoxy) is 2. The molecule has 2 rings (SSSR count). The maximum Gasteiger partial charge on any atom is 0.335 e. The predicted octanol–water partition coefficient (Wildman–Crippen LogP) is 2.32. The zero-order chi connectivity index (χ0) is 14.5. The lowest BCUT2D eigenvalue weighted by atomic mass is 10.2. The van der Waals surface area contributed by atoms with Gasteiger partial charge in [-0.3, -0.25) is 9.97 Å². The summed E-state index contributed by atoms with van der Waals surface area (Å²) >= 11 is 0. The third kappa shape index (κ3) is 3.03. The average Bonchev–Trinajstić information content (AvgIpc) is 2.48. The smallest absolute Gasteiger partial charge is 0.335 e. The van der Waals surface area contributed by atoms with Gasteiger partial charge in [0.05, 0.1) is 24.6 Å². The molecule has 0 fully saturated rings. The Bertz CT molecular complexity index is 601. The third-order valence-electron chi connectivity index (χ3n) is 2.71. The molecule has 0 amide bonds. The third-order valence-corrected chi connectivity index (χ3v) is 2.71. The molecule has 0 bridgehead atoms. The molecule has 0 aliphatic carbocycles. The molecule has 6 heteroatoms. The first-order valence-corrected chi connectivity index (χ1v) is 5.95. The zero-order valence-electron chi connectivity index (χ0n) is 11.1. The van der Waals surface area contributed by atoms with Gasteiger partial charge in [0, 0.05) is 12.4 Å². The topological polar surface area (TPSA) is 81.5 Å². The number of hydrogen-bond acceptors (Lipinski definition) is 5. The molecule has 1 aromatic heterocycles. The lowest BCUT2D eigenvalue weighted by Gasteiger charge is -2.16. The molecule has 1 unspecified atom stereocenters. The summed E-state index contributed by atoms with van der Waals surface area (Å²) in [6.07, 6.45) is 4.36. The average molecular weight is 274 g/mol. The van der Waals surface area contributed by atoms with E-state index in [-0.39, 0.29) is 11.7 Å². The second-order valence-electron chi connectivity index (χ2n) is 4.06. The van der Waals surface area contributed by atoms with Gasteiger partial charge in [-0.1, -0.05) is 0 Å². The van der Waals surface area contributed by atoms with Crippen LogP contribution in [-0.4, -0.2) is 28.2 Å². The van der Waals surface area contributed by atoms with E-state index >= 15 is 0 Å². The van der Waals surface area contributed by atoms with Gasteiger partial charge in [0.15, 0.2) is 11.5 Å². The van der Waals surface area contributed by atoms with Crippen LogP contribution in [0, 0.1) is 0 Å². The van der Waals surface area contributed by atoms with Crippen molar-refractivity contribution in [2.45, 2.75) is 13.0 Å². The number of benzene rings is 1. The molecular weight excluding hydrogens is 260 g/mol. The predicted molar refractivity (Wildman–Crippen MR) is 71.0 cm³/mol. The van der Waals surface area contributed by atoms with Gasteiger partial charge in [-0.25, -0.2) is 4.79 Å². The Labute approximate surface area is 116 Å². The van der Waals surface area contributed by atoms with Crippen LogP contribution < -0.4 is 9.47 Å². The molecule has 0 saturated heterocycles. The second kappa shape index (κ2) is 6.01. The zero-order valence-corrected chi connectivity index (χ0v) is 11.1. The van der Waals surface area contributed by atoms with Crippen LogP contribution in [0.3, 0.4) is 0 Å². The molecule has 1 aromatic carbocycles. The highest BCUT2D eigenvalue weighted by Crippen LogP contribution is 2.31. The van der Waals surface area contributed by atoms with Crippen LogP contribution in [0.1, 0.15) is 29.1 Å². The van der Waals surface area contributed by atoms with Crippen LogP contribution in [0.4, 0.5) is 0 Å². The summed E-state index contributed by atoms with van der Waals surface area (Å²) < 4.78 is 10.9. The number of carbonyl (C=O) groups is 1. The maximum absolute atomic E-state index is 11.0. The fourth-order valence-electron chi connectivity index (χ4n) is 1.67. The molecule has 1 heterocycles. The molecule has 0 saturated carbocycles.